The third-order valence-corrected chi connectivity index (χ3v) is 3.43. The van der Waals surface area contributed by atoms with E-state index in [0.717, 1.165) is 6.42 Å². The minimum Gasteiger partial charge on any atom is -0.391 e. The van der Waals surface area contributed by atoms with E-state index in [9.17, 15) is 9.50 Å². The molecule has 1 rings (SSSR count). The maximum absolute atomic E-state index is 13.3. The smallest absolute Gasteiger partial charge is 0.137 e. The largest absolute Gasteiger partial charge is 0.391 e. The molecule has 1 aromatic rings. The molecule has 0 amide bonds. The topological polar surface area (TPSA) is 46.2 Å². The third-order valence-electron chi connectivity index (χ3n) is 2.78. The van der Waals surface area contributed by atoms with Crippen LogP contribution in [-0.4, -0.2) is 11.2 Å². The minimum atomic E-state index is -0.627. The van der Waals surface area contributed by atoms with Gasteiger partial charge in [0, 0.05) is 0 Å². The van der Waals surface area contributed by atoms with Gasteiger partial charge in [-0.3, -0.25) is 0 Å². The van der Waals surface area contributed by atoms with Gasteiger partial charge >= 0.3 is 0 Å². The molecule has 0 aliphatic rings. The molecule has 0 aliphatic heterocycles. The fourth-order valence-electron chi connectivity index (χ4n) is 1.63. The van der Waals surface area contributed by atoms with Gasteiger partial charge in [0.05, 0.1) is 16.6 Å². The van der Waals surface area contributed by atoms with Gasteiger partial charge in [0.15, 0.2) is 0 Å². The first-order chi connectivity index (χ1) is 7.91. The SMILES string of the molecule is CC(C)CC[C@H](O)[C@H](N)c1ccc(Br)c(F)c1. The Labute approximate surface area is 110 Å². The monoisotopic (exact) mass is 303 g/mol. The average Bonchev–Trinajstić information content (AvgIpc) is 2.28. The van der Waals surface area contributed by atoms with E-state index < -0.39 is 12.1 Å². The molecule has 17 heavy (non-hydrogen) atoms. The summed E-state index contributed by atoms with van der Waals surface area (Å²) in [6.45, 7) is 4.19. The summed E-state index contributed by atoms with van der Waals surface area (Å²) < 4.78 is 13.7. The van der Waals surface area contributed by atoms with Crippen LogP contribution in [0.1, 0.15) is 38.3 Å². The van der Waals surface area contributed by atoms with Crippen LogP contribution in [-0.2, 0) is 0 Å². The normalized spacial score (nSPS) is 15.0. The van der Waals surface area contributed by atoms with Crippen LogP contribution in [0.4, 0.5) is 4.39 Å². The van der Waals surface area contributed by atoms with Gasteiger partial charge < -0.3 is 10.8 Å². The number of nitrogens with two attached hydrogens (primary N) is 1. The van der Waals surface area contributed by atoms with Crippen LogP contribution in [0.5, 0.6) is 0 Å². The predicted molar refractivity (Wildman–Crippen MR) is 71.1 cm³/mol. The first-order valence-corrected chi connectivity index (χ1v) is 6.59. The molecule has 0 saturated heterocycles. The lowest BCUT2D eigenvalue weighted by Crippen LogP contribution is -2.26. The zero-order valence-electron chi connectivity index (χ0n) is 10.2. The summed E-state index contributed by atoms with van der Waals surface area (Å²) in [5.74, 6) is 0.174. The molecule has 0 bridgehead atoms. The van der Waals surface area contributed by atoms with Crippen molar-refractivity contribution in [2.45, 2.75) is 38.8 Å². The number of hydrogen-bond donors (Lipinski definition) is 2. The van der Waals surface area contributed by atoms with E-state index in [4.69, 9.17) is 5.73 Å². The highest BCUT2D eigenvalue weighted by molar-refractivity contribution is 9.10. The Morgan fingerprint density at radius 1 is 1.35 bits per heavy atom. The van der Waals surface area contributed by atoms with Gasteiger partial charge in [0.1, 0.15) is 5.82 Å². The Balaban J connectivity index is 2.67. The van der Waals surface area contributed by atoms with Crippen molar-refractivity contribution in [3.05, 3.63) is 34.1 Å². The molecule has 2 nitrogen and oxygen atoms in total. The molecular formula is C13H19BrFNO. The Bertz CT molecular complexity index is 370. The summed E-state index contributed by atoms with van der Waals surface area (Å²) in [4.78, 5) is 0. The standard InChI is InChI=1S/C13H19BrFNO/c1-8(2)3-6-12(17)13(16)9-4-5-10(14)11(15)7-9/h4-5,7-8,12-13,17H,3,6,16H2,1-2H3/t12-,13+/m0/s1. The second-order valence-electron chi connectivity index (χ2n) is 4.74. The maximum Gasteiger partial charge on any atom is 0.137 e. The lowest BCUT2D eigenvalue weighted by atomic mass is 9.96. The summed E-state index contributed by atoms with van der Waals surface area (Å²) in [6, 6.07) is 4.18. The molecule has 0 radical (unpaired) electrons. The van der Waals surface area contributed by atoms with Crippen molar-refractivity contribution in [3.8, 4) is 0 Å². The van der Waals surface area contributed by atoms with E-state index in [1.807, 2.05) is 0 Å². The number of halogens is 2. The van der Waals surface area contributed by atoms with Crippen molar-refractivity contribution in [2.75, 3.05) is 0 Å². The van der Waals surface area contributed by atoms with E-state index in [2.05, 4.69) is 29.8 Å². The van der Waals surface area contributed by atoms with E-state index in [-0.39, 0.29) is 5.82 Å². The fraction of sp³-hybridized carbons (Fsp3) is 0.538. The number of aliphatic hydroxyl groups excluding tert-OH is 1. The van der Waals surface area contributed by atoms with Gasteiger partial charge in [0.2, 0.25) is 0 Å². The van der Waals surface area contributed by atoms with Crippen LogP contribution in [0.3, 0.4) is 0 Å². The average molecular weight is 304 g/mol. The van der Waals surface area contributed by atoms with E-state index >= 15 is 0 Å². The summed E-state index contributed by atoms with van der Waals surface area (Å²) in [7, 11) is 0. The molecule has 2 atom stereocenters. The lowest BCUT2D eigenvalue weighted by molar-refractivity contribution is 0.128. The summed E-state index contributed by atoms with van der Waals surface area (Å²) in [6.07, 6.45) is 0.919. The van der Waals surface area contributed by atoms with Crippen LogP contribution in [0.2, 0.25) is 0 Å². The highest BCUT2D eigenvalue weighted by Crippen LogP contribution is 2.23. The van der Waals surface area contributed by atoms with Gasteiger partial charge in [0.25, 0.3) is 0 Å². The molecule has 0 aromatic heterocycles. The lowest BCUT2D eigenvalue weighted by Gasteiger charge is -2.20. The zero-order valence-corrected chi connectivity index (χ0v) is 11.7. The second kappa shape index (κ2) is 6.47. The molecule has 0 unspecified atom stereocenters. The minimum absolute atomic E-state index is 0.353. The molecule has 1 aromatic carbocycles. The molecule has 0 fully saturated rings. The Hall–Kier alpha value is -0.450. The van der Waals surface area contributed by atoms with Crippen LogP contribution >= 0.6 is 15.9 Å². The van der Waals surface area contributed by atoms with Crippen molar-refractivity contribution in [2.24, 2.45) is 11.7 Å². The first-order valence-electron chi connectivity index (χ1n) is 5.80. The highest BCUT2D eigenvalue weighted by atomic mass is 79.9. The van der Waals surface area contributed by atoms with Crippen LogP contribution in [0.15, 0.2) is 22.7 Å². The Morgan fingerprint density at radius 3 is 2.53 bits per heavy atom. The van der Waals surface area contributed by atoms with E-state index in [1.165, 1.54) is 6.07 Å². The molecule has 4 heteroatoms. The van der Waals surface area contributed by atoms with Gasteiger partial charge in [-0.05, 0) is 52.4 Å². The van der Waals surface area contributed by atoms with Gasteiger partial charge in [-0.1, -0.05) is 19.9 Å². The molecule has 0 heterocycles. The zero-order chi connectivity index (χ0) is 13.0. The van der Waals surface area contributed by atoms with Crippen molar-refractivity contribution in [1.82, 2.24) is 0 Å². The predicted octanol–water partition coefficient (Wildman–Crippen LogP) is 3.39. The molecule has 0 spiro atoms. The van der Waals surface area contributed by atoms with Crippen LogP contribution in [0.25, 0.3) is 0 Å². The Morgan fingerprint density at radius 2 is 2.00 bits per heavy atom. The number of hydrogen-bond acceptors (Lipinski definition) is 2. The van der Waals surface area contributed by atoms with Crippen molar-refractivity contribution in [3.63, 3.8) is 0 Å². The number of rotatable bonds is 5. The van der Waals surface area contributed by atoms with Gasteiger partial charge in [-0.2, -0.15) is 0 Å². The molecule has 96 valence electrons. The third kappa shape index (κ3) is 4.37. The summed E-state index contributed by atoms with van der Waals surface area (Å²) >= 11 is 3.09. The molecule has 0 aliphatic carbocycles. The first kappa shape index (κ1) is 14.6. The quantitative estimate of drug-likeness (QED) is 0.876. The van der Waals surface area contributed by atoms with Crippen molar-refractivity contribution < 1.29 is 9.50 Å². The molecule has 0 saturated carbocycles. The maximum atomic E-state index is 13.3. The molecule has 3 N–H and O–H groups in total. The van der Waals surface area contributed by atoms with Crippen molar-refractivity contribution in [1.29, 1.82) is 0 Å². The van der Waals surface area contributed by atoms with Gasteiger partial charge in [-0.15, -0.1) is 0 Å². The number of aliphatic hydroxyl groups is 1. The van der Waals surface area contributed by atoms with Gasteiger partial charge in [-0.25, -0.2) is 4.39 Å². The molecular weight excluding hydrogens is 285 g/mol. The van der Waals surface area contributed by atoms with Crippen LogP contribution < -0.4 is 5.73 Å². The van der Waals surface area contributed by atoms with E-state index in [1.54, 1.807) is 12.1 Å². The fourth-order valence-corrected chi connectivity index (χ4v) is 1.87. The number of benzene rings is 1. The second-order valence-corrected chi connectivity index (χ2v) is 5.59. The van der Waals surface area contributed by atoms with Crippen molar-refractivity contribution >= 4 is 15.9 Å². The van der Waals surface area contributed by atoms with E-state index in [0.29, 0.717) is 22.4 Å². The summed E-state index contributed by atoms with van der Waals surface area (Å²) in [5, 5.41) is 9.92. The summed E-state index contributed by atoms with van der Waals surface area (Å²) in [5.41, 5.74) is 6.54. The highest BCUT2D eigenvalue weighted by Gasteiger charge is 2.18. The van der Waals surface area contributed by atoms with Crippen LogP contribution in [0, 0.1) is 11.7 Å². The Kier molecular flexibility index (Phi) is 5.56.